The molecule has 6 nitrogen and oxygen atoms in total. The van der Waals surface area contributed by atoms with Gasteiger partial charge in [-0.2, -0.15) is 0 Å². The standard InChI is InChI=1S/C18H26FN3O3.HI/c1-3-24-17(23)14-6-5-10-22(13-14)18(20-2)21-9-11-25-16-8-4-7-15(19)12-16;/h4,7-8,12,14H,3,5-6,9-11,13H2,1-2H3,(H,20,21);1H. The molecule has 0 spiro atoms. The fourth-order valence-corrected chi connectivity index (χ4v) is 2.84. The first-order valence-corrected chi connectivity index (χ1v) is 8.64. The Balaban J connectivity index is 0.00000338. The summed E-state index contributed by atoms with van der Waals surface area (Å²) in [6.07, 6.45) is 1.76. The molecule has 1 unspecified atom stereocenters. The Morgan fingerprint density at radius 2 is 2.27 bits per heavy atom. The van der Waals surface area contributed by atoms with Gasteiger partial charge in [0.1, 0.15) is 18.2 Å². The van der Waals surface area contributed by atoms with E-state index in [0.717, 1.165) is 25.3 Å². The summed E-state index contributed by atoms with van der Waals surface area (Å²) in [4.78, 5) is 18.3. The maximum atomic E-state index is 13.1. The summed E-state index contributed by atoms with van der Waals surface area (Å²) in [7, 11) is 1.71. The Morgan fingerprint density at radius 3 is 2.96 bits per heavy atom. The highest BCUT2D eigenvalue weighted by Crippen LogP contribution is 2.18. The van der Waals surface area contributed by atoms with Crippen LogP contribution in [-0.4, -0.2) is 56.7 Å². The molecule has 0 amide bonds. The maximum absolute atomic E-state index is 13.1. The third-order valence-corrected chi connectivity index (χ3v) is 4.00. The van der Waals surface area contributed by atoms with E-state index in [4.69, 9.17) is 9.47 Å². The highest BCUT2D eigenvalue weighted by Gasteiger charge is 2.28. The summed E-state index contributed by atoms with van der Waals surface area (Å²) < 4.78 is 23.7. The zero-order valence-electron chi connectivity index (χ0n) is 15.2. The molecular weight excluding hydrogens is 452 g/mol. The number of likely N-dealkylation sites (tertiary alicyclic amines) is 1. The van der Waals surface area contributed by atoms with E-state index in [-0.39, 0.29) is 41.7 Å². The number of hydrogen-bond acceptors (Lipinski definition) is 4. The Bertz CT molecular complexity index is 601. The van der Waals surface area contributed by atoms with Crippen molar-refractivity contribution >= 4 is 35.9 Å². The summed E-state index contributed by atoms with van der Waals surface area (Å²) >= 11 is 0. The van der Waals surface area contributed by atoms with Crippen molar-refractivity contribution in [3.05, 3.63) is 30.1 Å². The lowest BCUT2D eigenvalue weighted by molar-refractivity contribution is -0.149. The van der Waals surface area contributed by atoms with Crippen LogP contribution in [0.25, 0.3) is 0 Å². The molecule has 0 saturated carbocycles. The van der Waals surface area contributed by atoms with Crippen LogP contribution < -0.4 is 10.1 Å². The molecule has 1 aromatic rings. The number of nitrogens with one attached hydrogen (secondary N) is 1. The predicted molar refractivity (Wildman–Crippen MR) is 110 cm³/mol. The lowest BCUT2D eigenvalue weighted by Gasteiger charge is -2.33. The average Bonchev–Trinajstić information content (AvgIpc) is 2.62. The van der Waals surface area contributed by atoms with Gasteiger partial charge >= 0.3 is 5.97 Å². The van der Waals surface area contributed by atoms with E-state index < -0.39 is 0 Å². The van der Waals surface area contributed by atoms with Gasteiger partial charge < -0.3 is 19.7 Å². The highest BCUT2D eigenvalue weighted by molar-refractivity contribution is 14.0. The van der Waals surface area contributed by atoms with Crippen LogP contribution >= 0.6 is 24.0 Å². The number of ether oxygens (including phenoxy) is 2. The van der Waals surface area contributed by atoms with E-state index in [1.807, 2.05) is 6.92 Å². The molecule has 2 rings (SSSR count). The van der Waals surface area contributed by atoms with Gasteiger partial charge in [-0.3, -0.25) is 9.79 Å². The van der Waals surface area contributed by atoms with Crippen LogP contribution in [0.15, 0.2) is 29.3 Å². The van der Waals surface area contributed by atoms with Gasteiger partial charge in [-0.1, -0.05) is 6.07 Å². The Labute approximate surface area is 171 Å². The van der Waals surface area contributed by atoms with Crippen LogP contribution in [0.3, 0.4) is 0 Å². The van der Waals surface area contributed by atoms with Crippen molar-refractivity contribution in [3.63, 3.8) is 0 Å². The molecule has 1 atom stereocenters. The van der Waals surface area contributed by atoms with Gasteiger partial charge in [-0.15, -0.1) is 24.0 Å². The van der Waals surface area contributed by atoms with E-state index in [2.05, 4.69) is 15.2 Å². The average molecular weight is 479 g/mol. The first-order chi connectivity index (χ1) is 12.1. The number of benzene rings is 1. The van der Waals surface area contributed by atoms with Crippen LogP contribution in [0.1, 0.15) is 19.8 Å². The molecule has 1 heterocycles. The lowest BCUT2D eigenvalue weighted by Crippen LogP contribution is -2.49. The number of esters is 1. The largest absolute Gasteiger partial charge is 0.492 e. The van der Waals surface area contributed by atoms with E-state index in [9.17, 15) is 9.18 Å². The minimum atomic E-state index is -0.320. The molecule has 1 aliphatic heterocycles. The molecule has 0 radical (unpaired) electrons. The van der Waals surface area contributed by atoms with Crippen molar-refractivity contribution in [2.45, 2.75) is 19.8 Å². The summed E-state index contributed by atoms with van der Waals surface area (Å²) in [5.41, 5.74) is 0. The molecule has 1 aromatic carbocycles. The quantitative estimate of drug-likeness (QED) is 0.224. The van der Waals surface area contributed by atoms with Gasteiger partial charge in [0.25, 0.3) is 0 Å². The molecule has 146 valence electrons. The van der Waals surface area contributed by atoms with Gasteiger partial charge in [-0.05, 0) is 31.9 Å². The number of carbonyl (C=O) groups excluding carboxylic acids is 1. The third-order valence-electron chi connectivity index (χ3n) is 4.00. The van der Waals surface area contributed by atoms with Crippen molar-refractivity contribution in [3.8, 4) is 5.75 Å². The summed E-state index contributed by atoms with van der Waals surface area (Å²) in [6.45, 7) is 4.59. The summed E-state index contributed by atoms with van der Waals surface area (Å²) in [5, 5.41) is 3.22. The second-order valence-electron chi connectivity index (χ2n) is 5.82. The number of hydrogen-bond donors (Lipinski definition) is 1. The third kappa shape index (κ3) is 6.97. The molecular formula is C18H27FIN3O3. The number of rotatable bonds is 6. The van der Waals surface area contributed by atoms with E-state index >= 15 is 0 Å². The maximum Gasteiger partial charge on any atom is 0.310 e. The first kappa shape index (κ1) is 22.5. The van der Waals surface area contributed by atoms with Gasteiger partial charge in [-0.25, -0.2) is 4.39 Å². The van der Waals surface area contributed by atoms with Crippen LogP contribution in [0.5, 0.6) is 5.75 Å². The van der Waals surface area contributed by atoms with Crippen LogP contribution in [0.2, 0.25) is 0 Å². The predicted octanol–water partition coefficient (Wildman–Crippen LogP) is 2.67. The number of nitrogens with zero attached hydrogens (tertiary/aromatic N) is 2. The minimum Gasteiger partial charge on any atom is -0.492 e. The second kappa shape index (κ2) is 11.9. The van der Waals surface area contributed by atoms with E-state index in [1.165, 1.54) is 12.1 Å². The van der Waals surface area contributed by atoms with Gasteiger partial charge in [0.2, 0.25) is 0 Å². The number of piperidine rings is 1. The molecule has 0 bridgehead atoms. The van der Waals surface area contributed by atoms with Gasteiger partial charge in [0.05, 0.1) is 19.1 Å². The van der Waals surface area contributed by atoms with E-state index in [1.54, 1.807) is 19.2 Å². The molecule has 1 fully saturated rings. The van der Waals surface area contributed by atoms with Crippen LogP contribution in [-0.2, 0) is 9.53 Å². The summed E-state index contributed by atoms with van der Waals surface area (Å²) in [6, 6.07) is 6.05. The zero-order chi connectivity index (χ0) is 18.1. The van der Waals surface area contributed by atoms with E-state index in [0.29, 0.717) is 32.1 Å². The molecule has 26 heavy (non-hydrogen) atoms. The van der Waals surface area contributed by atoms with Crippen molar-refractivity contribution in [2.75, 3.05) is 39.9 Å². The lowest BCUT2D eigenvalue weighted by atomic mass is 9.98. The van der Waals surface area contributed by atoms with Gasteiger partial charge in [0, 0.05) is 26.2 Å². The molecule has 1 N–H and O–H groups in total. The normalized spacial score (nSPS) is 17.3. The number of aliphatic imine (C=N–C) groups is 1. The highest BCUT2D eigenvalue weighted by atomic mass is 127. The smallest absolute Gasteiger partial charge is 0.310 e. The van der Waals surface area contributed by atoms with Crippen LogP contribution in [0, 0.1) is 11.7 Å². The fourth-order valence-electron chi connectivity index (χ4n) is 2.84. The number of halogens is 2. The Hall–Kier alpha value is -1.58. The monoisotopic (exact) mass is 479 g/mol. The molecule has 1 saturated heterocycles. The first-order valence-electron chi connectivity index (χ1n) is 8.64. The Kier molecular flexibility index (Phi) is 10.3. The molecule has 8 heteroatoms. The second-order valence-corrected chi connectivity index (χ2v) is 5.82. The Morgan fingerprint density at radius 1 is 1.46 bits per heavy atom. The summed E-state index contributed by atoms with van der Waals surface area (Å²) in [5.74, 6) is 0.654. The topological polar surface area (TPSA) is 63.2 Å². The number of carbonyl (C=O) groups is 1. The molecule has 0 aromatic heterocycles. The molecule has 1 aliphatic rings. The fraction of sp³-hybridized carbons (Fsp3) is 0.556. The number of guanidine groups is 1. The molecule has 0 aliphatic carbocycles. The van der Waals surface area contributed by atoms with Crippen molar-refractivity contribution < 1.29 is 18.7 Å². The van der Waals surface area contributed by atoms with Crippen molar-refractivity contribution in [1.82, 2.24) is 10.2 Å². The van der Waals surface area contributed by atoms with Crippen molar-refractivity contribution in [2.24, 2.45) is 10.9 Å². The zero-order valence-corrected chi connectivity index (χ0v) is 17.6. The van der Waals surface area contributed by atoms with Crippen LogP contribution in [0.4, 0.5) is 4.39 Å². The van der Waals surface area contributed by atoms with Crippen molar-refractivity contribution in [1.29, 1.82) is 0 Å². The minimum absolute atomic E-state index is 0. The van der Waals surface area contributed by atoms with Gasteiger partial charge in [0.15, 0.2) is 5.96 Å². The SMILES string of the molecule is CCOC(=O)C1CCCN(C(=NC)NCCOc2cccc(F)c2)C1.I.